The van der Waals surface area contributed by atoms with Crippen molar-refractivity contribution in [3.8, 4) is 17.0 Å². The number of carbonyl (C=O) groups excluding carboxylic acids is 2. The van der Waals surface area contributed by atoms with E-state index in [1.54, 1.807) is 65.2 Å². The molecule has 0 bridgehead atoms. The molecule has 0 aromatic carbocycles. The largest absolute Gasteiger partial charge is 0.471 e. The molecule has 9 nitrogen and oxygen atoms in total. The molecule has 2 N–H and O–H groups in total. The number of hydrogen-bond donors (Lipinski definition) is 1. The fourth-order valence-corrected chi connectivity index (χ4v) is 3.69. The zero-order valence-electron chi connectivity index (χ0n) is 21.6. The molecule has 0 spiro atoms. The summed E-state index contributed by atoms with van der Waals surface area (Å²) in [7, 11) is 2.85. The second kappa shape index (κ2) is 11.2. The number of amides is 1. The summed E-state index contributed by atoms with van der Waals surface area (Å²) in [4.78, 5) is 34.7. The molecule has 1 unspecified atom stereocenters. The highest BCUT2D eigenvalue weighted by molar-refractivity contribution is 6.31. The van der Waals surface area contributed by atoms with Crippen LogP contribution in [-0.2, 0) is 14.3 Å². The quantitative estimate of drug-likeness (QED) is 0.300. The molecular weight excluding hydrogens is 472 g/mol. The molecule has 0 aliphatic heterocycles. The number of rotatable bonds is 8. The average molecular weight is 507 g/mol. The SMILES string of the molecule is COC(=O)N(C)c1cc(-c2ccc(O[C@H](N)C(C)(CC(C)C)C(=O)OC(C)(C)C)c(Cl)n2)ccn1. The van der Waals surface area contributed by atoms with E-state index in [2.05, 4.69) is 9.97 Å². The van der Waals surface area contributed by atoms with Gasteiger partial charge in [-0.2, -0.15) is 0 Å². The Kier molecular flexibility index (Phi) is 9.08. The maximum atomic E-state index is 13.1. The van der Waals surface area contributed by atoms with Crippen LogP contribution in [0.4, 0.5) is 10.6 Å². The van der Waals surface area contributed by atoms with Crippen LogP contribution < -0.4 is 15.4 Å². The third kappa shape index (κ3) is 7.29. The molecule has 2 heterocycles. The summed E-state index contributed by atoms with van der Waals surface area (Å²) in [5.74, 6) is 0.354. The summed E-state index contributed by atoms with van der Waals surface area (Å²) < 4.78 is 16.3. The fraction of sp³-hybridized carbons (Fsp3) is 0.520. The first-order chi connectivity index (χ1) is 16.2. The molecular formula is C25H35ClN4O5. The van der Waals surface area contributed by atoms with Crippen LogP contribution in [-0.4, -0.2) is 48.0 Å². The summed E-state index contributed by atoms with van der Waals surface area (Å²) in [5.41, 5.74) is 5.84. The lowest BCUT2D eigenvalue weighted by Crippen LogP contribution is -2.52. The number of ether oxygens (including phenoxy) is 3. The molecule has 0 saturated heterocycles. The van der Waals surface area contributed by atoms with Gasteiger partial charge in [0.1, 0.15) is 16.8 Å². The number of methoxy groups -OCH3 is 1. The molecule has 2 atom stereocenters. The van der Waals surface area contributed by atoms with Gasteiger partial charge < -0.3 is 14.2 Å². The molecule has 10 heteroatoms. The van der Waals surface area contributed by atoms with Crippen LogP contribution >= 0.6 is 11.6 Å². The lowest BCUT2D eigenvalue weighted by atomic mass is 9.80. The first-order valence-electron chi connectivity index (χ1n) is 11.3. The number of nitrogens with zero attached hydrogens (tertiary/aromatic N) is 3. The highest BCUT2D eigenvalue weighted by Gasteiger charge is 2.45. The standard InChI is InChI=1S/C25H35ClN4O5/c1-15(2)14-25(6,22(31)35-24(3,4)5)21(27)34-18-10-9-17(29-20(18)26)16-11-12-28-19(13-16)30(7)23(32)33-8/h9-13,15,21H,14,27H2,1-8H3/t21-,25?/m0/s1. The van der Waals surface area contributed by atoms with Gasteiger partial charge in [0, 0.05) is 18.8 Å². The number of hydrogen-bond acceptors (Lipinski definition) is 8. The molecule has 2 rings (SSSR count). The van der Waals surface area contributed by atoms with E-state index in [9.17, 15) is 9.59 Å². The summed E-state index contributed by atoms with van der Waals surface area (Å²) in [6.07, 6.45) is 0.441. The highest BCUT2D eigenvalue weighted by atomic mass is 35.5. The minimum absolute atomic E-state index is 0.0775. The summed E-state index contributed by atoms with van der Waals surface area (Å²) in [5, 5.41) is 0.0775. The Hall–Kier alpha value is -2.91. The third-order valence-corrected chi connectivity index (χ3v) is 5.50. The number of carbonyl (C=O) groups is 2. The topological polar surface area (TPSA) is 117 Å². The van der Waals surface area contributed by atoms with E-state index < -0.39 is 29.3 Å². The second-order valence-corrected chi connectivity index (χ2v) is 10.3. The van der Waals surface area contributed by atoms with Gasteiger partial charge >= 0.3 is 12.1 Å². The molecule has 192 valence electrons. The Morgan fingerprint density at radius 2 is 1.83 bits per heavy atom. The fourth-order valence-electron chi connectivity index (χ4n) is 3.49. The van der Waals surface area contributed by atoms with Crippen LogP contribution in [0.15, 0.2) is 30.5 Å². The first-order valence-corrected chi connectivity index (χ1v) is 11.7. The Morgan fingerprint density at radius 3 is 2.37 bits per heavy atom. The van der Waals surface area contributed by atoms with Gasteiger partial charge in [-0.15, -0.1) is 0 Å². The zero-order valence-corrected chi connectivity index (χ0v) is 22.3. The molecule has 0 fully saturated rings. The van der Waals surface area contributed by atoms with Crippen molar-refractivity contribution in [1.82, 2.24) is 9.97 Å². The van der Waals surface area contributed by atoms with Gasteiger partial charge in [-0.05, 0) is 64.3 Å². The number of aromatic nitrogens is 2. The van der Waals surface area contributed by atoms with Gasteiger partial charge in [-0.3, -0.25) is 15.4 Å². The summed E-state index contributed by atoms with van der Waals surface area (Å²) in [6, 6.07) is 6.77. The maximum Gasteiger partial charge on any atom is 0.414 e. The number of nitrogens with two attached hydrogens (primary N) is 1. The van der Waals surface area contributed by atoms with Crippen LogP contribution in [0.5, 0.6) is 5.75 Å². The molecule has 0 radical (unpaired) electrons. The van der Waals surface area contributed by atoms with Gasteiger partial charge in [-0.1, -0.05) is 25.4 Å². The van der Waals surface area contributed by atoms with Crippen molar-refractivity contribution in [2.45, 2.75) is 59.8 Å². The van der Waals surface area contributed by atoms with Crippen molar-refractivity contribution in [1.29, 1.82) is 0 Å². The van der Waals surface area contributed by atoms with E-state index in [4.69, 9.17) is 31.5 Å². The molecule has 2 aromatic rings. The molecule has 0 aliphatic rings. The van der Waals surface area contributed by atoms with E-state index in [0.29, 0.717) is 23.5 Å². The van der Waals surface area contributed by atoms with Crippen molar-refractivity contribution < 1.29 is 23.8 Å². The van der Waals surface area contributed by atoms with E-state index in [1.165, 1.54) is 12.0 Å². The van der Waals surface area contributed by atoms with Gasteiger partial charge in [0.2, 0.25) is 0 Å². The van der Waals surface area contributed by atoms with Gasteiger partial charge in [0.15, 0.2) is 17.1 Å². The maximum absolute atomic E-state index is 13.1. The molecule has 0 aliphatic carbocycles. The predicted octanol–water partition coefficient (Wildman–Crippen LogP) is 5.06. The Bertz CT molecular complexity index is 1060. The summed E-state index contributed by atoms with van der Waals surface area (Å²) in [6.45, 7) is 11.1. The second-order valence-electron chi connectivity index (χ2n) is 9.97. The van der Waals surface area contributed by atoms with Crippen LogP contribution in [0.1, 0.15) is 48.0 Å². The van der Waals surface area contributed by atoms with Gasteiger partial charge in [-0.25, -0.2) is 14.8 Å². The van der Waals surface area contributed by atoms with Crippen molar-refractivity contribution in [2.24, 2.45) is 17.1 Å². The van der Waals surface area contributed by atoms with Crippen LogP contribution in [0.3, 0.4) is 0 Å². The average Bonchev–Trinajstić information content (AvgIpc) is 2.77. The van der Waals surface area contributed by atoms with Crippen molar-refractivity contribution in [3.63, 3.8) is 0 Å². The minimum Gasteiger partial charge on any atom is -0.471 e. The highest BCUT2D eigenvalue weighted by Crippen LogP contribution is 2.36. The lowest BCUT2D eigenvalue weighted by Gasteiger charge is -2.36. The third-order valence-electron chi connectivity index (χ3n) is 5.23. The van der Waals surface area contributed by atoms with E-state index in [1.807, 2.05) is 13.8 Å². The normalized spacial score (nSPS) is 14.1. The van der Waals surface area contributed by atoms with Crippen molar-refractivity contribution >= 4 is 29.5 Å². The number of esters is 1. The predicted molar refractivity (Wildman–Crippen MR) is 135 cm³/mol. The minimum atomic E-state index is -1.11. The van der Waals surface area contributed by atoms with Gasteiger partial charge in [0.25, 0.3) is 0 Å². The van der Waals surface area contributed by atoms with Crippen LogP contribution in [0.2, 0.25) is 5.15 Å². The van der Waals surface area contributed by atoms with Crippen molar-refractivity contribution in [3.05, 3.63) is 35.6 Å². The van der Waals surface area contributed by atoms with E-state index in [-0.39, 0.29) is 16.8 Å². The lowest BCUT2D eigenvalue weighted by molar-refractivity contribution is -0.174. The Labute approximate surface area is 211 Å². The summed E-state index contributed by atoms with van der Waals surface area (Å²) >= 11 is 6.43. The van der Waals surface area contributed by atoms with Crippen LogP contribution in [0.25, 0.3) is 11.3 Å². The Morgan fingerprint density at radius 1 is 1.17 bits per heavy atom. The number of halogens is 1. The molecule has 0 saturated carbocycles. The van der Waals surface area contributed by atoms with E-state index in [0.717, 1.165) is 0 Å². The van der Waals surface area contributed by atoms with Gasteiger partial charge in [0.05, 0.1) is 12.8 Å². The Balaban J connectivity index is 2.30. The van der Waals surface area contributed by atoms with E-state index >= 15 is 0 Å². The monoisotopic (exact) mass is 506 g/mol. The number of pyridine rings is 2. The molecule has 2 aromatic heterocycles. The smallest absolute Gasteiger partial charge is 0.414 e. The van der Waals surface area contributed by atoms with Crippen LogP contribution in [0, 0.1) is 11.3 Å². The molecule has 1 amide bonds. The molecule has 35 heavy (non-hydrogen) atoms. The zero-order chi connectivity index (χ0) is 26.6. The first kappa shape index (κ1) is 28.3. The van der Waals surface area contributed by atoms with Crippen molar-refractivity contribution in [2.75, 3.05) is 19.1 Å². The number of anilines is 1.